The molecule has 0 radical (unpaired) electrons. The van der Waals surface area contributed by atoms with E-state index < -0.39 is 13.5 Å². The highest BCUT2D eigenvalue weighted by atomic mass is 28.3. The maximum Gasteiger partial charge on any atom is 0.158 e. The van der Waals surface area contributed by atoms with Crippen molar-refractivity contribution in [2.24, 2.45) is 5.41 Å². The highest BCUT2D eigenvalue weighted by Crippen LogP contribution is 2.36. The summed E-state index contributed by atoms with van der Waals surface area (Å²) in [5, 5.41) is 0. The average Bonchev–Trinajstić information content (AvgIpc) is 2.54. The molecule has 1 aliphatic carbocycles. The summed E-state index contributed by atoms with van der Waals surface area (Å²) in [6, 6.07) is 0. The zero-order valence-corrected chi connectivity index (χ0v) is 12.6. The van der Waals surface area contributed by atoms with Crippen LogP contribution in [0.3, 0.4) is 0 Å². The van der Waals surface area contributed by atoms with Gasteiger partial charge in [-0.1, -0.05) is 31.6 Å². The Morgan fingerprint density at radius 3 is 2.28 bits per heavy atom. The van der Waals surface area contributed by atoms with E-state index in [1.165, 1.54) is 0 Å². The number of hydrogen-bond donors (Lipinski definition) is 0. The van der Waals surface area contributed by atoms with Gasteiger partial charge in [-0.15, -0.1) is 12.1 Å². The van der Waals surface area contributed by atoms with Crippen molar-refractivity contribution in [1.82, 2.24) is 0 Å². The Balaban J connectivity index is 3.00. The number of unbranched alkanes of at least 4 members (excludes halogenated alkanes) is 1. The van der Waals surface area contributed by atoms with E-state index in [-0.39, 0.29) is 11.6 Å². The predicted octanol–water partition coefficient (Wildman–Crippen LogP) is 3.14. The van der Waals surface area contributed by atoms with E-state index in [4.69, 9.17) is 0 Å². The SMILES string of the molecule is C=CCCCC1(C#C[Si](C)(C)C)C(=O)CCC1=O. The van der Waals surface area contributed by atoms with Crippen LogP contribution < -0.4 is 0 Å². The van der Waals surface area contributed by atoms with E-state index in [1.54, 1.807) is 0 Å². The van der Waals surface area contributed by atoms with Crippen LogP contribution in [0.1, 0.15) is 32.1 Å². The molecule has 18 heavy (non-hydrogen) atoms. The Morgan fingerprint density at radius 2 is 1.83 bits per heavy atom. The number of carbonyl (C=O) groups excluding carboxylic acids is 2. The van der Waals surface area contributed by atoms with E-state index in [9.17, 15) is 9.59 Å². The zero-order chi connectivity index (χ0) is 13.8. The second-order valence-electron chi connectivity index (χ2n) is 5.93. The maximum absolute atomic E-state index is 12.1. The number of hydrogen-bond acceptors (Lipinski definition) is 2. The van der Waals surface area contributed by atoms with Gasteiger partial charge in [0.1, 0.15) is 13.5 Å². The monoisotopic (exact) mass is 262 g/mol. The van der Waals surface area contributed by atoms with Crippen LogP contribution >= 0.6 is 0 Å². The molecule has 1 aliphatic rings. The van der Waals surface area contributed by atoms with Crippen LogP contribution in [0.2, 0.25) is 19.6 Å². The molecule has 0 amide bonds. The second-order valence-corrected chi connectivity index (χ2v) is 10.7. The molecule has 3 heteroatoms. The first kappa shape index (κ1) is 14.9. The van der Waals surface area contributed by atoms with E-state index >= 15 is 0 Å². The van der Waals surface area contributed by atoms with Crippen molar-refractivity contribution in [3.63, 3.8) is 0 Å². The van der Waals surface area contributed by atoms with Crippen molar-refractivity contribution in [2.75, 3.05) is 0 Å². The van der Waals surface area contributed by atoms with Crippen LogP contribution in [0.25, 0.3) is 0 Å². The smallest absolute Gasteiger partial charge is 0.158 e. The average molecular weight is 262 g/mol. The quantitative estimate of drug-likeness (QED) is 0.256. The molecule has 0 bridgehead atoms. The molecule has 1 rings (SSSR count). The van der Waals surface area contributed by atoms with Crippen molar-refractivity contribution in [2.45, 2.75) is 51.7 Å². The lowest BCUT2D eigenvalue weighted by Crippen LogP contribution is -2.32. The maximum atomic E-state index is 12.1. The Labute approximate surface area is 111 Å². The van der Waals surface area contributed by atoms with Crippen LogP contribution in [0.15, 0.2) is 12.7 Å². The normalized spacial score (nSPS) is 18.4. The fourth-order valence-corrected chi connectivity index (χ4v) is 2.68. The second kappa shape index (κ2) is 5.66. The third kappa shape index (κ3) is 3.43. The highest BCUT2D eigenvalue weighted by Gasteiger charge is 2.47. The summed E-state index contributed by atoms with van der Waals surface area (Å²) in [5.41, 5.74) is 2.23. The summed E-state index contributed by atoms with van der Waals surface area (Å²) < 4.78 is 0. The van der Waals surface area contributed by atoms with E-state index in [2.05, 4.69) is 37.7 Å². The van der Waals surface area contributed by atoms with Gasteiger partial charge < -0.3 is 0 Å². The minimum absolute atomic E-state index is 0.0299. The van der Waals surface area contributed by atoms with Crippen LogP contribution in [-0.2, 0) is 9.59 Å². The molecule has 0 aliphatic heterocycles. The number of ketones is 2. The molecule has 0 aromatic rings. The first-order valence-electron chi connectivity index (χ1n) is 6.54. The molecule has 0 spiro atoms. The van der Waals surface area contributed by atoms with Crippen molar-refractivity contribution in [3.05, 3.63) is 12.7 Å². The number of rotatable bonds is 4. The first-order chi connectivity index (χ1) is 8.32. The lowest BCUT2D eigenvalue weighted by atomic mass is 9.80. The van der Waals surface area contributed by atoms with E-state index in [0.29, 0.717) is 19.3 Å². The van der Waals surface area contributed by atoms with Crippen molar-refractivity contribution in [3.8, 4) is 11.5 Å². The molecule has 2 nitrogen and oxygen atoms in total. The summed E-state index contributed by atoms with van der Waals surface area (Å²) in [6.07, 6.45) is 4.76. The molecular weight excluding hydrogens is 240 g/mol. The fourth-order valence-electron chi connectivity index (χ4n) is 2.10. The van der Waals surface area contributed by atoms with Crippen LogP contribution in [0, 0.1) is 16.9 Å². The summed E-state index contributed by atoms with van der Waals surface area (Å²) in [5.74, 6) is 3.13. The van der Waals surface area contributed by atoms with Gasteiger partial charge in [-0.25, -0.2) is 0 Å². The summed E-state index contributed by atoms with van der Waals surface area (Å²) in [4.78, 5) is 24.2. The Hall–Kier alpha value is -1.14. The van der Waals surface area contributed by atoms with E-state index in [0.717, 1.165) is 12.8 Å². The lowest BCUT2D eigenvalue weighted by molar-refractivity contribution is -0.131. The van der Waals surface area contributed by atoms with Crippen molar-refractivity contribution in [1.29, 1.82) is 0 Å². The molecule has 1 fully saturated rings. The largest absolute Gasteiger partial charge is 0.297 e. The molecule has 0 aromatic carbocycles. The van der Waals surface area contributed by atoms with Gasteiger partial charge in [0.25, 0.3) is 0 Å². The van der Waals surface area contributed by atoms with Crippen LogP contribution in [-0.4, -0.2) is 19.6 Å². The molecular formula is C15H22O2Si. The minimum atomic E-state index is -1.56. The molecule has 0 saturated heterocycles. The standard InChI is InChI=1S/C15H22O2Si/c1-5-6-7-10-15(11-12-18(2,3)4)13(16)8-9-14(15)17/h5H,1,6-10H2,2-4H3. The van der Waals surface area contributed by atoms with Gasteiger partial charge in [-0.05, 0) is 19.3 Å². The van der Waals surface area contributed by atoms with Gasteiger partial charge in [0.2, 0.25) is 0 Å². The number of Topliss-reactive ketones (excluding diaryl/α,β-unsaturated/α-hetero) is 2. The highest BCUT2D eigenvalue weighted by molar-refractivity contribution is 6.83. The molecule has 0 aromatic heterocycles. The zero-order valence-electron chi connectivity index (χ0n) is 11.6. The lowest BCUT2D eigenvalue weighted by Gasteiger charge is -2.20. The Bertz CT molecular complexity index is 402. The van der Waals surface area contributed by atoms with Gasteiger partial charge >= 0.3 is 0 Å². The summed E-state index contributed by atoms with van der Waals surface area (Å²) in [6.45, 7) is 10.1. The Kier molecular flexibility index (Phi) is 4.69. The van der Waals surface area contributed by atoms with Crippen LogP contribution in [0.4, 0.5) is 0 Å². The van der Waals surface area contributed by atoms with Crippen molar-refractivity contribution < 1.29 is 9.59 Å². The summed E-state index contributed by atoms with van der Waals surface area (Å²) >= 11 is 0. The van der Waals surface area contributed by atoms with E-state index in [1.807, 2.05) is 6.08 Å². The topological polar surface area (TPSA) is 34.1 Å². The predicted molar refractivity (Wildman–Crippen MR) is 76.9 cm³/mol. The van der Waals surface area contributed by atoms with Crippen LogP contribution in [0.5, 0.6) is 0 Å². The van der Waals surface area contributed by atoms with Crippen molar-refractivity contribution >= 4 is 19.6 Å². The number of carbonyl (C=O) groups is 2. The fraction of sp³-hybridized carbons (Fsp3) is 0.600. The van der Waals surface area contributed by atoms with Gasteiger partial charge in [-0.2, -0.15) is 0 Å². The third-order valence-corrected chi connectivity index (χ3v) is 4.02. The molecule has 0 heterocycles. The minimum Gasteiger partial charge on any atom is -0.297 e. The van der Waals surface area contributed by atoms with Gasteiger partial charge in [0.15, 0.2) is 11.6 Å². The molecule has 0 N–H and O–H groups in total. The molecule has 0 unspecified atom stereocenters. The van der Waals surface area contributed by atoms with Gasteiger partial charge in [0.05, 0.1) is 0 Å². The first-order valence-corrected chi connectivity index (χ1v) is 10.0. The molecule has 1 saturated carbocycles. The number of allylic oxidation sites excluding steroid dienone is 1. The Morgan fingerprint density at radius 1 is 1.28 bits per heavy atom. The molecule has 0 atom stereocenters. The van der Waals surface area contributed by atoms with Gasteiger partial charge in [0, 0.05) is 12.8 Å². The summed E-state index contributed by atoms with van der Waals surface area (Å²) in [7, 11) is -1.56. The molecule has 98 valence electrons. The van der Waals surface area contributed by atoms with Gasteiger partial charge in [-0.3, -0.25) is 9.59 Å². The third-order valence-electron chi connectivity index (χ3n) is 3.14.